The van der Waals surface area contributed by atoms with Gasteiger partial charge in [0.05, 0.1) is 0 Å². The standard InChI is InChI=1S/C6H15N3/c1-4-8-9(3)6-5-7-2/h4,7H,5-6H2,1-3H3. The largest absolute Gasteiger partial charge is 0.318 e. The van der Waals surface area contributed by atoms with Gasteiger partial charge in [-0.1, -0.05) is 0 Å². The maximum absolute atomic E-state index is 4.03. The molecule has 0 aliphatic carbocycles. The first kappa shape index (κ1) is 8.43. The van der Waals surface area contributed by atoms with Gasteiger partial charge in [0.1, 0.15) is 0 Å². The van der Waals surface area contributed by atoms with Crippen molar-refractivity contribution in [3.05, 3.63) is 0 Å². The highest BCUT2D eigenvalue weighted by atomic mass is 15.4. The first-order valence-corrected chi connectivity index (χ1v) is 3.15. The molecule has 0 heterocycles. The van der Waals surface area contributed by atoms with Gasteiger partial charge in [-0.15, -0.1) is 0 Å². The first-order chi connectivity index (χ1) is 4.31. The van der Waals surface area contributed by atoms with Gasteiger partial charge >= 0.3 is 0 Å². The van der Waals surface area contributed by atoms with Crippen molar-refractivity contribution in [1.82, 2.24) is 10.3 Å². The van der Waals surface area contributed by atoms with Crippen LogP contribution in [0.3, 0.4) is 0 Å². The molecule has 1 N–H and O–H groups in total. The molecular formula is C6H15N3. The van der Waals surface area contributed by atoms with E-state index in [2.05, 4.69) is 10.4 Å². The quantitative estimate of drug-likeness (QED) is 0.432. The second kappa shape index (κ2) is 5.56. The van der Waals surface area contributed by atoms with E-state index in [1.54, 1.807) is 6.21 Å². The summed E-state index contributed by atoms with van der Waals surface area (Å²) in [6.45, 7) is 3.85. The van der Waals surface area contributed by atoms with E-state index in [1.807, 2.05) is 26.0 Å². The van der Waals surface area contributed by atoms with Crippen LogP contribution in [0.1, 0.15) is 6.92 Å². The molecule has 0 amide bonds. The van der Waals surface area contributed by atoms with Crippen LogP contribution in [0.5, 0.6) is 0 Å². The summed E-state index contributed by atoms with van der Waals surface area (Å²) in [4.78, 5) is 0. The van der Waals surface area contributed by atoms with Gasteiger partial charge in [-0.05, 0) is 14.0 Å². The van der Waals surface area contributed by atoms with Crippen LogP contribution < -0.4 is 5.32 Å². The van der Waals surface area contributed by atoms with Crippen molar-refractivity contribution in [2.45, 2.75) is 6.92 Å². The van der Waals surface area contributed by atoms with Crippen LogP contribution in [0, 0.1) is 0 Å². The van der Waals surface area contributed by atoms with Crippen LogP contribution in [0.4, 0.5) is 0 Å². The molecule has 9 heavy (non-hydrogen) atoms. The highest BCUT2D eigenvalue weighted by molar-refractivity contribution is 5.52. The molecular weight excluding hydrogens is 114 g/mol. The predicted octanol–water partition coefficient (Wildman–Crippen LogP) is 0.143. The molecule has 0 fully saturated rings. The third-order valence-corrected chi connectivity index (χ3v) is 0.998. The van der Waals surface area contributed by atoms with Crippen molar-refractivity contribution in [3.63, 3.8) is 0 Å². The summed E-state index contributed by atoms with van der Waals surface area (Å²) in [6, 6.07) is 0. The van der Waals surface area contributed by atoms with Gasteiger partial charge in [0, 0.05) is 26.4 Å². The Hall–Kier alpha value is -0.570. The van der Waals surface area contributed by atoms with Gasteiger partial charge in [0.2, 0.25) is 0 Å². The summed E-state index contributed by atoms with van der Waals surface area (Å²) in [6.07, 6.45) is 1.79. The van der Waals surface area contributed by atoms with E-state index in [1.165, 1.54) is 0 Å². The molecule has 0 aliphatic heterocycles. The lowest BCUT2D eigenvalue weighted by Crippen LogP contribution is -2.23. The number of hydrogen-bond acceptors (Lipinski definition) is 3. The maximum Gasteiger partial charge on any atom is 0.0481 e. The Bertz CT molecular complexity index is 80.4. The minimum atomic E-state index is 0.959. The Kier molecular flexibility index (Phi) is 5.21. The zero-order valence-corrected chi connectivity index (χ0v) is 6.39. The predicted molar refractivity (Wildman–Crippen MR) is 40.7 cm³/mol. The minimum Gasteiger partial charge on any atom is -0.318 e. The molecule has 0 unspecified atom stereocenters. The molecule has 0 aromatic carbocycles. The zero-order chi connectivity index (χ0) is 7.11. The average Bonchev–Trinajstić information content (AvgIpc) is 1.85. The number of rotatable bonds is 4. The summed E-state index contributed by atoms with van der Waals surface area (Å²) in [5.41, 5.74) is 0. The van der Waals surface area contributed by atoms with E-state index in [4.69, 9.17) is 0 Å². The van der Waals surface area contributed by atoms with Gasteiger partial charge in [0.25, 0.3) is 0 Å². The van der Waals surface area contributed by atoms with E-state index in [-0.39, 0.29) is 0 Å². The molecule has 3 nitrogen and oxygen atoms in total. The summed E-state index contributed by atoms with van der Waals surface area (Å²) < 4.78 is 0. The van der Waals surface area contributed by atoms with Crippen molar-refractivity contribution in [2.24, 2.45) is 5.10 Å². The van der Waals surface area contributed by atoms with E-state index in [0.29, 0.717) is 0 Å². The molecule has 0 spiro atoms. The summed E-state index contributed by atoms with van der Waals surface area (Å²) >= 11 is 0. The number of likely N-dealkylation sites (N-methyl/N-ethyl adjacent to an activating group) is 2. The van der Waals surface area contributed by atoms with Gasteiger partial charge in [0.15, 0.2) is 0 Å². The van der Waals surface area contributed by atoms with Gasteiger partial charge in [-0.25, -0.2) is 0 Å². The van der Waals surface area contributed by atoms with Crippen LogP contribution in [-0.2, 0) is 0 Å². The average molecular weight is 129 g/mol. The smallest absolute Gasteiger partial charge is 0.0481 e. The molecule has 0 aliphatic rings. The molecule has 0 saturated heterocycles. The van der Waals surface area contributed by atoms with Crippen LogP contribution >= 0.6 is 0 Å². The fourth-order valence-corrected chi connectivity index (χ4v) is 0.528. The SMILES string of the molecule is CC=NN(C)CCNC. The fraction of sp³-hybridized carbons (Fsp3) is 0.833. The molecule has 54 valence electrons. The number of nitrogens with zero attached hydrogens (tertiary/aromatic N) is 2. The normalized spacial score (nSPS) is 10.6. The third kappa shape index (κ3) is 5.30. The van der Waals surface area contributed by atoms with Crippen molar-refractivity contribution >= 4 is 6.21 Å². The monoisotopic (exact) mass is 129 g/mol. The Morgan fingerprint density at radius 1 is 1.67 bits per heavy atom. The lowest BCUT2D eigenvalue weighted by Gasteiger charge is -2.10. The molecule has 0 bridgehead atoms. The molecule has 0 radical (unpaired) electrons. The summed E-state index contributed by atoms with van der Waals surface area (Å²) in [5.74, 6) is 0. The maximum atomic E-state index is 4.03. The second-order valence-electron chi connectivity index (χ2n) is 1.86. The van der Waals surface area contributed by atoms with E-state index in [0.717, 1.165) is 13.1 Å². The molecule has 0 aromatic heterocycles. The highest BCUT2D eigenvalue weighted by Gasteiger charge is 1.86. The van der Waals surface area contributed by atoms with E-state index >= 15 is 0 Å². The highest BCUT2D eigenvalue weighted by Crippen LogP contribution is 1.77. The molecule has 0 atom stereocenters. The Morgan fingerprint density at radius 3 is 2.78 bits per heavy atom. The molecule has 0 rings (SSSR count). The van der Waals surface area contributed by atoms with Crippen LogP contribution in [0.2, 0.25) is 0 Å². The number of hydrogen-bond donors (Lipinski definition) is 1. The van der Waals surface area contributed by atoms with Crippen LogP contribution in [-0.4, -0.2) is 38.4 Å². The lowest BCUT2D eigenvalue weighted by atomic mass is 10.6. The van der Waals surface area contributed by atoms with Crippen LogP contribution in [0.25, 0.3) is 0 Å². The fourth-order valence-electron chi connectivity index (χ4n) is 0.528. The number of hydrazone groups is 1. The van der Waals surface area contributed by atoms with Gasteiger partial charge in [-0.2, -0.15) is 5.10 Å². The summed E-state index contributed by atoms with van der Waals surface area (Å²) in [5, 5.41) is 8.97. The van der Waals surface area contributed by atoms with Crippen molar-refractivity contribution in [2.75, 3.05) is 27.2 Å². The second-order valence-corrected chi connectivity index (χ2v) is 1.86. The van der Waals surface area contributed by atoms with Crippen molar-refractivity contribution in [1.29, 1.82) is 0 Å². The zero-order valence-electron chi connectivity index (χ0n) is 6.39. The van der Waals surface area contributed by atoms with Crippen molar-refractivity contribution in [3.8, 4) is 0 Å². The van der Waals surface area contributed by atoms with Crippen molar-refractivity contribution < 1.29 is 0 Å². The topological polar surface area (TPSA) is 27.6 Å². The number of nitrogens with one attached hydrogen (secondary N) is 1. The molecule has 3 heteroatoms. The van der Waals surface area contributed by atoms with Gasteiger partial charge in [-0.3, -0.25) is 5.01 Å². The van der Waals surface area contributed by atoms with E-state index < -0.39 is 0 Å². The summed E-state index contributed by atoms with van der Waals surface area (Å²) in [7, 11) is 3.89. The first-order valence-electron chi connectivity index (χ1n) is 3.15. The third-order valence-electron chi connectivity index (χ3n) is 0.998. The molecule has 0 aromatic rings. The van der Waals surface area contributed by atoms with E-state index in [9.17, 15) is 0 Å². The Morgan fingerprint density at radius 2 is 2.33 bits per heavy atom. The lowest BCUT2D eigenvalue weighted by molar-refractivity contribution is 0.356. The Labute approximate surface area is 56.7 Å². The van der Waals surface area contributed by atoms with Crippen LogP contribution in [0.15, 0.2) is 5.10 Å². The molecule has 0 saturated carbocycles. The minimum absolute atomic E-state index is 0.959. The van der Waals surface area contributed by atoms with Gasteiger partial charge < -0.3 is 5.32 Å². The Balaban J connectivity index is 3.15.